The highest BCUT2D eigenvalue weighted by molar-refractivity contribution is 6.42. The number of benzene rings is 1. The van der Waals surface area contributed by atoms with Crippen LogP contribution in [-0.2, 0) is 6.54 Å². The Labute approximate surface area is 139 Å². The average Bonchev–Trinajstić information content (AvgIpc) is 2.49. The largest absolute Gasteiger partial charge is 0.376 e. The van der Waals surface area contributed by atoms with E-state index in [9.17, 15) is 9.59 Å². The van der Waals surface area contributed by atoms with E-state index in [-0.39, 0.29) is 5.54 Å². The van der Waals surface area contributed by atoms with E-state index in [1.54, 1.807) is 12.1 Å². The lowest BCUT2D eigenvalue weighted by molar-refractivity contribution is 0.546. The Morgan fingerprint density at radius 1 is 1.05 bits per heavy atom. The van der Waals surface area contributed by atoms with Crippen LogP contribution in [0, 0.1) is 0 Å². The molecule has 0 radical (unpaired) electrons. The fraction of sp³-hybridized carbons (Fsp3) is 0.375. The van der Waals surface area contributed by atoms with Gasteiger partial charge in [0.1, 0.15) is 11.4 Å². The van der Waals surface area contributed by atoms with Gasteiger partial charge in [0.15, 0.2) is 0 Å². The van der Waals surface area contributed by atoms with E-state index in [1.807, 2.05) is 26.8 Å². The molecule has 2 aromatic rings. The maximum absolute atomic E-state index is 11.7. The van der Waals surface area contributed by atoms with E-state index >= 15 is 0 Å². The van der Waals surface area contributed by atoms with Crippen molar-refractivity contribution < 1.29 is 0 Å². The Balaban J connectivity index is 2.14. The van der Waals surface area contributed by atoms with Crippen LogP contribution < -0.4 is 21.5 Å². The van der Waals surface area contributed by atoms with Gasteiger partial charge < -0.3 is 10.6 Å². The first-order chi connectivity index (χ1) is 10.2. The Morgan fingerprint density at radius 2 is 1.68 bits per heavy atom. The van der Waals surface area contributed by atoms with E-state index in [0.29, 0.717) is 28.0 Å². The van der Waals surface area contributed by atoms with Gasteiger partial charge in [-0.15, -0.1) is 0 Å². The molecular formula is C16H18Cl2N2O2. The Hall–Kier alpha value is -1.52. The summed E-state index contributed by atoms with van der Waals surface area (Å²) in [6.45, 7) is 6.36. The minimum Gasteiger partial charge on any atom is -0.376 e. The molecule has 0 aromatic heterocycles. The predicted molar refractivity (Wildman–Crippen MR) is 93.1 cm³/mol. The molecule has 0 aliphatic carbocycles. The van der Waals surface area contributed by atoms with Crippen LogP contribution in [0.1, 0.15) is 32.8 Å². The minimum atomic E-state index is -0.491. The molecule has 0 amide bonds. The molecule has 2 rings (SSSR count). The summed E-state index contributed by atoms with van der Waals surface area (Å²) in [5.74, 6) is 0. The van der Waals surface area contributed by atoms with Crippen LogP contribution >= 0.6 is 23.2 Å². The molecule has 0 fully saturated rings. The molecule has 0 heterocycles. The smallest absolute Gasteiger partial charge is 0.253 e. The van der Waals surface area contributed by atoms with E-state index < -0.39 is 10.9 Å². The van der Waals surface area contributed by atoms with Crippen LogP contribution in [0.15, 0.2) is 27.8 Å². The maximum atomic E-state index is 11.7. The monoisotopic (exact) mass is 340 g/mol. The van der Waals surface area contributed by atoms with Crippen molar-refractivity contribution in [3.8, 4) is 0 Å². The van der Waals surface area contributed by atoms with Crippen molar-refractivity contribution in [2.75, 3.05) is 10.6 Å². The summed E-state index contributed by atoms with van der Waals surface area (Å²) in [6.07, 6.45) is 0.831. The van der Waals surface area contributed by atoms with Gasteiger partial charge in [-0.1, -0.05) is 36.2 Å². The molecule has 2 N–H and O–H groups in total. The second-order valence-electron chi connectivity index (χ2n) is 5.87. The number of hydrogen-bond donors (Lipinski definition) is 2. The molecular weight excluding hydrogens is 323 g/mol. The van der Waals surface area contributed by atoms with Gasteiger partial charge in [-0.05, 0) is 38.0 Å². The molecule has 2 aromatic carbocycles. The zero-order valence-corrected chi connectivity index (χ0v) is 14.2. The fourth-order valence-corrected chi connectivity index (χ4v) is 2.27. The molecule has 0 saturated carbocycles. The molecule has 0 aliphatic rings. The highest BCUT2D eigenvalue weighted by Gasteiger charge is 2.25. The van der Waals surface area contributed by atoms with Gasteiger partial charge in [-0.25, -0.2) is 0 Å². The van der Waals surface area contributed by atoms with E-state index in [1.165, 1.54) is 0 Å². The van der Waals surface area contributed by atoms with Crippen molar-refractivity contribution in [1.29, 1.82) is 0 Å². The molecule has 0 spiro atoms. The van der Waals surface area contributed by atoms with E-state index in [2.05, 4.69) is 10.6 Å². The predicted octanol–water partition coefficient (Wildman–Crippen LogP) is 3.80. The number of nitrogens with one attached hydrogen (secondary N) is 2. The Bertz CT molecular complexity index is 762. The van der Waals surface area contributed by atoms with Crippen molar-refractivity contribution in [2.24, 2.45) is 0 Å². The molecule has 22 heavy (non-hydrogen) atoms. The topological polar surface area (TPSA) is 58.2 Å². The van der Waals surface area contributed by atoms with Crippen LogP contribution in [0.4, 0.5) is 11.4 Å². The van der Waals surface area contributed by atoms with Crippen LogP contribution in [0.2, 0.25) is 10.0 Å². The summed E-state index contributed by atoms with van der Waals surface area (Å²) < 4.78 is 0. The Kier molecular flexibility index (Phi) is 4.83. The minimum absolute atomic E-state index is 0.248. The maximum Gasteiger partial charge on any atom is 0.253 e. The lowest BCUT2D eigenvalue weighted by Gasteiger charge is -2.27. The molecule has 0 unspecified atom stereocenters. The molecule has 0 aliphatic heterocycles. The summed E-state index contributed by atoms with van der Waals surface area (Å²) in [5.41, 5.74) is 0.354. The second kappa shape index (κ2) is 6.31. The van der Waals surface area contributed by atoms with Crippen molar-refractivity contribution in [3.63, 3.8) is 0 Å². The summed E-state index contributed by atoms with van der Waals surface area (Å²) >= 11 is 11.8. The van der Waals surface area contributed by atoms with Gasteiger partial charge >= 0.3 is 0 Å². The third-order valence-electron chi connectivity index (χ3n) is 3.71. The van der Waals surface area contributed by atoms with E-state index in [0.717, 1.165) is 12.0 Å². The second-order valence-corrected chi connectivity index (χ2v) is 6.69. The number of rotatable bonds is 6. The van der Waals surface area contributed by atoms with Crippen molar-refractivity contribution in [2.45, 2.75) is 39.3 Å². The van der Waals surface area contributed by atoms with Crippen molar-refractivity contribution in [1.82, 2.24) is 0 Å². The summed E-state index contributed by atoms with van der Waals surface area (Å²) in [6, 6.07) is 5.24. The summed E-state index contributed by atoms with van der Waals surface area (Å²) in [7, 11) is 0. The zero-order chi connectivity index (χ0) is 16.5. The fourth-order valence-electron chi connectivity index (χ4n) is 1.95. The van der Waals surface area contributed by atoms with Gasteiger partial charge in [0.05, 0.1) is 10.0 Å². The normalized spacial score (nSPS) is 11.7. The van der Waals surface area contributed by atoms with Gasteiger partial charge in [0, 0.05) is 12.1 Å². The highest BCUT2D eigenvalue weighted by atomic mass is 35.5. The first-order valence-corrected chi connectivity index (χ1v) is 7.80. The van der Waals surface area contributed by atoms with Crippen LogP contribution in [-0.4, -0.2) is 5.54 Å². The number of hydrogen-bond acceptors (Lipinski definition) is 4. The lowest BCUT2D eigenvalue weighted by atomic mass is 10.00. The Morgan fingerprint density at radius 3 is 2.27 bits per heavy atom. The summed E-state index contributed by atoms with van der Waals surface area (Å²) in [4.78, 5) is 23.5. The molecule has 118 valence electrons. The van der Waals surface area contributed by atoms with E-state index in [4.69, 9.17) is 23.2 Å². The van der Waals surface area contributed by atoms with Crippen LogP contribution in [0.5, 0.6) is 0 Å². The quantitative estimate of drug-likeness (QED) is 0.785. The third-order valence-corrected chi connectivity index (χ3v) is 4.45. The lowest BCUT2D eigenvalue weighted by Crippen LogP contribution is -2.42. The van der Waals surface area contributed by atoms with Gasteiger partial charge in [0.25, 0.3) is 10.9 Å². The van der Waals surface area contributed by atoms with Gasteiger partial charge in [-0.2, -0.15) is 0 Å². The van der Waals surface area contributed by atoms with Crippen molar-refractivity contribution >= 4 is 34.6 Å². The molecule has 0 saturated heterocycles. The van der Waals surface area contributed by atoms with Crippen LogP contribution in [0.25, 0.3) is 0 Å². The van der Waals surface area contributed by atoms with Gasteiger partial charge in [-0.3, -0.25) is 9.59 Å². The summed E-state index contributed by atoms with van der Waals surface area (Å²) in [5, 5.41) is 7.07. The molecule has 0 atom stereocenters. The van der Waals surface area contributed by atoms with Gasteiger partial charge in [0.2, 0.25) is 0 Å². The zero-order valence-electron chi connectivity index (χ0n) is 12.7. The number of halogens is 2. The average molecular weight is 341 g/mol. The molecule has 0 bridgehead atoms. The first-order valence-electron chi connectivity index (χ1n) is 7.04. The standard InChI is InChI=1S/C16H18Cl2N2O2/c1-4-16(2,3)20-13-12(14(21)15(13)22)19-8-9-5-6-10(17)11(18)7-9/h5-7,19-20H,4,8H2,1-3H3. The molecule has 6 heteroatoms. The third kappa shape index (κ3) is 3.45. The molecule has 4 nitrogen and oxygen atoms in total. The van der Waals surface area contributed by atoms with Crippen LogP contribution in [0.3, 0.4) is 0 Å². The highest BCUT2D eigenvalue weighted by Crippen LogP contribution is 2.25. The first kappa shape index (κ1) is 16.8. The van der Waals surface area contributed by atoms with Crippen molar-refractivity contribution in [3.05, 3.63) is 54.3 Å². The SMILES string of the molecule is CCC(C)(C)Nc1c(NCc2ccc(Cl)c(Cl)c2)c(=O)c1=O. The number of anilines is 2.